The third-order valence-corrected chi connectivity index (χ3v) is 9.27. The number of benzene rings is 3. The van der Waals surface area contributed by atoms with E-state index in [-0.39, 0.29) is 16.9 Å². The fourth-order valence-corrected chi connectivity index (χ4v) is 7.12. The molecule has 1 amide bonds. The second kappa shape index (κ2) is 11.0. The second-order valence-corrected chi connectivity index (χ2v) is 12.1. The van der Waals surface area contributed by atoms with Crippen LogP contribution in [0.3, 0.4) is 0 Å². The summed E-state index contributed by atoms with van der Waals surface area (Å²) < 4.78 is 7.08. The molecular weight excluding hydrogens is 518 g/mol. The van der Waals surface area contributed by atoms with Crippen LogP contribution in [0.4, 0.5) is 5.69 Å². The minimum atomic E-state index is -0.489. The molecule has 1 fully saturated rings. The van der Waals surface area contributed by atoms with Crippen molar-refractivity contribution in [3.63, 3.8) is 0 Å². The third-order valence-electron chi connectivity index (χ3n) is 8.22. The summed E-state index contributed by atoms with van der Waals surface area (Å²) in [6, 6.07) is 25.2. The molecule has 0 aliphatic heterocycles. The van der Waals surface area contributed by atoms with Crippen molar-refractivity contribution >= 4 is 23.4 Å². The molecule has 0 radical (unpaired) electrons. The van der Waals surface area contributed by atoms with Crippen molar-refractivity contribution in [2.24, 2.45) is 0 Å². The average molecular weight is 552 g/mol. The lowest BCUT2D eigenvalue weighted by Crippen LogP contribution is -2.43. The van der Waals surface area contributed by atoms with E-state index < -0.39 is 5.25 Å². The molecule has 0 saturated heterocycles. The van der Waals surface area contributed by atoms with Crippen LogP contribution in [0, 0.1) is 0 Å². The van der Waals surface area contributed by atoms with E-state index in [4.69, 9.17) is 9.72 Å². The number of thioether (sulfide) groups is 1. The van der Waals surface area contributed by atoms with Crippen molar-refractivity contribution in [1.29, 1.82) is 0 Å². The smallest absolute Gasteiger partial charge is 0.263 e. The highest BCUT2D eigenvalue weighted by atomic mass is 32.2. The molecule has 6 rings (SSSR count). The number of rotatable bonds is 6. The predicted octanol–water partition coefficient (Wildman–Crippen LogP) is 6.79. The zero-order chi connectivity index (χ0) is 27.7. The summed E-state index contributed by atoms with van der Waals surface area (Å²) in [5.41, 5.74) is 5.06. The van der Waals surface area contributed by atoms with E-state index >= 15 is 0 Å². The number of anilines is 1. The van der Waals surface area contributed by atoms with Gasteiger partial charge in [-0.15, -0.1) is 0 Å². The van der Waals surface area contributed by atoms with Crippen molar-refractivity contribution < 1.29 is 9.53 Å². The molecule has 204 valence electrons. The standard InChI is InChI=1S/C33H33N3O3S/c1-22(30(37)34-24-12-5-3-6-13-24)40-32-35-29-27-14-8-7-11-23(27)21-33(19-9-4-10-20-33)28(29)31(38)36(32)25-15-17-26(39-2)18-16-25/h3,5-8,11-18,22H,4,9-10,19-21H2,1-2H3,(H,34,37)/t22-/m1/s1. The lowest BCUT2D eigenvalue weighted by Gasteiger charge is -2.42. The van der Waals surface area contributed by atoms with Crippen LogP contribution in [-0.4, -0.2) is 27.8 Å². The monoisotopic (exact) mass is 551 g/mol. The van der Waals surface area contributed by atoms with Crippen molar-refractivity contribution in [2.75, 3.05) is 12.4 Å². The molecule has 6 nitrogen and oxygen atoms in total. The highest BCUT2D eigenvalue weighted by Crippen LogP contribution is 2.49. The summed E-state index contributed by atoms with van der Waals surface area (Å²) in [4.78, 5) is 33.1. The van der Waals surface area contributed by atoms with E-state index in [0.717, 1.165) is 54.6 Å². The molecule has 40 heavy (non-hydrogen) atoms. The maximum absolute atomic E-state index is 14.7. The van der Waals surface area contributed by atoms with Crippen molar-refractivity contribution in [1.82, 2.24) is 9.55 Å². The number of hydrogen-bond donors (Lipinski definition) is 1. The number of para-hydroxylation sites is 1. The Morgan fingerprint density at radius 1 is 0.975 bits per heavy atom. The van der Waals surface area contributed by atoms with Gasteiger partial charge >= 0.3 is 0 Å². The van der Waals surface area contributed by atoms with Gasteiger partial charge in [0.15, 0.2) is 5.16 Å². The summed E-state index contributed by atoms with van der Waals surface area (Å²) in [6.07, 6.45) is 6.24. The summed E-state index contributed by atoms with van der Waals surface area (Å²) in [7, 11) is 1.63. The zero-order valence-electron chi connectivity index (χ0n) is 22.9. The summed E-state index contributed by atoms with van der Waals surface area (Å²) in [6.45, 7) is 1.85. The Kier molecular flexibility index (Phi) is 7.24. The minimum absolute atomic E-state index is 0.0373. The number of hydrogen-bond acceptors (Lipinski definition) is 5. The van der Waals surface area contributed by atoms with Gasteiger partial charge in [0.05, 0.1) is 29.3 Å². The highest BCUT2D eigenvalue weighted by Gasteiger charge is 2.43. The number of fused-ring (bicyclic) bond motifs is 4. The predicted molar refractivity (Wildman–Crippen MR) is 161 cm³/mol. The minimum Gasteiger partial charge on any atom is -0.497 e. The maximum atomic E-state index is 14.7. The number of nitrogens with zero attached hydrogens (tertiary/aromatic N) is 2. The van der Waals surface area contributed by atoms with Gasteiger partial charge in [0.2, 0.25) is 5.91 Å². The van der Waals surface area contributed by atoms with Gasteiger partial charge in [-0.05, 0) is 68.1 Å². The topological polar surface area (TPSA) is 73.2 Å². The molecule has 0 bridgehead atoms. The van der Waals surface area contributed by atoms with Gasteiger partial charge < -0.3 is 10.1 Å². The van der Waals surface area contributed by atoms with E-state index in [9.17, 15) is 9.59 Å². The van der Waals surface area contributed by atoms with Crippen LogP contribution in [0.15, 0.2) is 88.8 Å². The van der Waals surface area contributed by atoms with E-state index in [1.807, 2.05) is 67.6 Å². The fraction of sp³-hybridized carbons (Fsp3) is 0.303. The summed E-state index contributed by atoms with van der Waals surface area (Å²) in [5.74, 6) is 0.568. The molecule has 1 N–H and O–H groups in total. The van der Waals surface area contributed by atoms with Crippen LogP contribution in [0.5, 0.6) is 5.75 Å². The first-order valence-corrected chi connectivity index (χ1v) is 14.8. The van der Waals surface area contributed by atoms with Crippen LogP contribution in [0.2, 0.25) is 0 Å². The Morgan fingerprint density at radius 2 is 1.68 bits per heavy atom. The molecule has 1 aromatic heterocycles. The van der Waals surface area contributed by atoms with Crippen molar-refractivity contribution in [3.05, 3.63) is 100 Å². The Labute approximate surface area is 238 Å². The molecule has 7 heteroatoms. The summed E-state index contributed by atoms with van der Waals surface area (Å²) >= 11 is 1.31. The van der Waals surface area contributed by atoms with Gasteiger partial charge in [-0.25, -0.2) is 4.98 Å². The number of nitrogens with one attached hydrogen (secondary N) is 1. The molecule has 2 aliphatic rings. The molecule has 2 aliphatic carbocycles. The van der Waals surface area contributed by atoms with E-state index in [1.54, 1.807) is 11.7 Å². The number of carbonyl (C=O) groups is 1. The maximum Gasteiger partial charge on any atom is 0.263 e. The Morgan fingerprint density at radius 3 is 2.40 bits per heavy atom. The normalized spacial score (nSPS) is 16.1. The number of methoxy groups -OCH3 is 1. The fourth-order valence-electron chi connectivity index (χ4n) is 6.20. The first kappa shape index (κ1) is 26.4. The molecule has 4 aromatic rings. The van der Waals surface area contributed by atoms with E-state index in [2.05, 4.69) is 23.5 Å². The molecule has 3 aromatic carbocycles. The van der Waals surface area contributed by atoms with Crippen LogP contribution in [0.1, 0.15) is 50.2 Å². The zero-order valence-corrected chi connectivity index (χ0v) is 23.7. The number of ether oxygens (including phenoxy) is 1. The molecule has 0 unspecified atom stereocenters. The second-order valence-electron chi connectivity index (χ2n) is 10.7. The highest BCUT2D eigenvalue weighted by molar-refractivity contribution is 8.00. The van der Waals surface area contributed by atoms with Gasteiger partial charge in [0.1, 0.15) is 5.75 Å². The third kappa shape index (κ3) is 4.83. The van der Waals surface area contributed by atoms with Gasteiger partial charge in [-0.1, -0.05) is 73.5 Å². The van der Waals surface area contributed by atoms with Crippen LogP contribution in [-0.2, 0) is 16.6 Å². The quantitative estimate of drug-likeness (QED) is 0.211. The largest absolute Gasteiger partial charge is 0.497 e. The lowest BCUT2D eigenvalue weighted by atomic mass is 9.62. The lowest BCUT2D eigenvalue weighted by molar-refractivity contribution is -0.115. The van der Waals surface area contributed by atoms with Crippen molar-refractivity contribution in [3.8, 4) is 22.7 Å². The SMILES string of the molecule is COc1ccc(-n2c(S[C@H](C)C(=O)Nc3ccccc3)nc3c(c2=O)C2(CCCCC2)Cc2ccccc2-3)cc1. The number of carbonyl (C=O) groups excluding carboxylic acids is 1. The molecule has 1 atom stereocenters. The Hall–Kier alpha value is -3.84. The molecular formula is C33H33N3O3S. The molecule has 1 spiro atoms. The van der Waals surface area contributed by atoms with Crippen LogP contribution in [0.25, 0.3) is 16.9 Å². The van der Waals surface area contributed by atoms with Crippen molar-refractivity contribution in [2.45, 2.75) is 61.3 Å². The van der Waals surface area contributed by atoms with Gasteiger partial charge in [0.25, 0.3) is 5.56 Å². The first-order chi connectivity index (χ1) is 19.5. The van der Waals surface area contributed by atoms with E-state index in [0.29, 0.717) is 16.6 Å². The molecule has 1 saturated carbocycles. The Balaban J connectivity index is 1.51. The van der Waals surface area contributed by atoms with Gasteiger partial charge in [-0.3, -0.25) is 14.2 Å². The van der Waals surface area contributed by atoms with Crippen LogP contribution >= 0.6 is 11.8 Å². The number of aromatic nitrogens is 2. The average Bonchev–Trinajstić information content (AvgIpc) is 2.98. The van der Waals surface area contributed by atoms with Crippen LogP contribution < -0.4 is 15.6 Å². The van der Waals surface area contributed by atoms with E-state index in [1.165, 1.54) is 23.7 Å². The summed E-state index contributed by atoms with van der Waals surface area (Å²) in [5, 5.41) is 3.00. The molecule has 1 heterocycles. The first-order valence-electron chi connectivity index (χ1n) is 13.9. The van der Waals surface area contributed by atoms with Gasteiger partial charge in [0, 0.05) is 16.7 Å². The Bertz CT molecular complexity index is 1590. The number of amides is 1. The van der Waals surface area contributed by atoms with Gasteiger partial charge in [-0.2, -0.15) is 0 Å².